The second-order valence-corrected chi connectivity index (χ2v) is 4.88. The smallest absolute Gasteiger partial charge is 0.341 e. The quantitative estimate of drug-likeness (QED) is 0.862. The van der Waals surface area contributed by atoms with Crippen molar-refractivity contribution in [2.24, 2.45) is 0 Å². The first kappa shape index (κ1) is 16.6. The van der Waals surface area contributed by atoms with E-state index in [1.807, 2.05) is 30.3 Å². The molecule has 0 aliphatic heterocycles. The maximum absolute atomic E-state index is 13.5. The molecule has 0 unspecified atom stereocenters. The Kier molecular flexibility index (Phi) is 5.41. The summed E-state index contributed by atoms with van der Waals surface area (Å²) in [6.45, 7) is 1.66. The van der Waals surface area contributed by atoms with Gasteiger partial charge in [-0.3, -0.25) is 4.79 Å². The van der Waals surface area contributed by atoms with Crippen LogP contribution in [-0.4, -0.2) is 18.0 Å². The first-order chi connectivity index (χ1) is 11.0. The second-order valence-electron chi connectivity index (χ2n) is 4.88. The molecule has 0 saturated carbocycles. The van der Waals surface area contributed by atoms with Crippen molar-refractivity contribution in [1.82, 2.24) is 5.32 Å². The molecule has 2 aromatic carbocycles. The molecular formula is C17H15F2NO3. The van der Waals surface area contributed by atoms with E-state index in [0.29, 0.717) is 6.07 Å². The van der Waals surface area contributed by atoms with Crippen LogP contribution in [0.5, 0.6) is 0 Å². The molecule has 0 aliphatic carbocycles. The normalized spacial score (nSPS) is 11.6. The van der Waals surface area contributed by atoms with E-state index >= 15 is 0 Å². The number of benzene rings is 2. The van der Waals surface area contributed by atoms with E-state index < -0.39 is 35.2 Å². The van der Waals surface area contributed by atoms with E-state index in [4.69, 9.17) is 4.74 Å². The fourth-order valence-electron chi connectivity index (χ4n) is 1.86. The van der Waals surface area contributed by atoms with Gasteiger partial charge in [0.05, 0.1) is 5.56 Å². The van der Waals surface area contributed by atoms with Gasteiger partial charge in [0.15, 0.2) is 6.10 Å². The summed E-state index contributed by atoms with van der Waals surface area (Å²) < 4.78 is 31.2. The number of nitrogens with one attached hydrogen (secondary N) is 1. The molecule has 0 bridgehead atoms. The van der Waals surface area contributed by atoms with Crippen molar-refractivity contribution in [3.8, 4) is 0 Å². The van der Waals surface area contributed by atoms with E-state index in [2.05, 4.69) is 5.32 Å². The van der Waals surface area contributed by atoms with Crippen LogP contribution in [0.25, 0.3) is 0 Å². The Hall–Kier alpha value is -2.76. The molecule has 0 heterocycles. The minimum atomic E-state index is -1.10. The third-order valence-corrected chi connectivity index (χ3v) is 3.11. The van der Waals surface area contributed by atoms with Crippen LogP contribution in [0, 0.1) is 11.6 Å². The summed E-state index contributed by atoms with van der Waals surface area (Å²) in [5.74, 6) is -3.37. The first-order valence-corrected chi connectivity index (χ1v) is 6.95. The molecule has 1 N–H and O–H groups in total. The predicted molar refractivity (Wildman–Crippen MR) is 79.5 cm³/mol. The van der Waals surface area contributed by atoms with Gasteiger partial charge in [0.1, 0.15) is 11.6 Å². The first-order valence-electron chi connectivity index (χ1n) is 6.95. The van der Waals surface area contributed by atoms with Gasteiger partial charge in [-0.05, 0) is 24.6 Å². The molecule has 2 aromatic rings. The molecule has 0 saturated heterocycles. The highest BCUT2D eigenvalue weighted by Gasteiger charge is 2.21. The molecule has 0 spiro atoms. The van der Waals surface area contributed by atoms with Crippen LogP contribution >= 0.6 is 0 Å². The van der Waals surface area contributed by atoms with Gasteiger partial charge in [-0.1, -0.05) is 30.3 Å². The molecule has 4 nitrogen and oxygen atoms in total. The van der Waals surface area contributed by atoms with E-state index in [1.54, 1.807) is 0 Å². The SMILES string of the molecule is C[C@H](OC(=O)c1ccc(F)cc1F)C(=O)NCc1ccccc1. The summed E-state index contributed by atoms with van der Waals surface area (Å²) in [5.41, 5.74) is 0.470. The minimum Gasteiger partial charge on any atom is -0.449 e. The highest BCUT2D eigenvalue weighted by Crippen LogP contribution is 2.12. The topological polar surface area (TPSA) is 55.4 Å². The van der Waals surface area contributed by atoms with Crippen molar-refractivity contribution in [2.45, 2.75) is 19.6 Å². The van der Waals surface area contributed by atoms with Crippen LogP contribution < -0.4 is 5.32 Å². The number of esters is 1. The van der Waals surface area contributed by atoms with Crippen LogP contribution in [0.2, 0.25) is 0 Å². The average Bonchev–Trinajstić information content (AvgIpc) is 2.53. The van der Waals surface area contributed by atoms with Crippen LogP contribution in [0.15, 0.2) is 48.5 Å². The van der Waals surface area contributed by atoms with Gasteiger partial charge in [0.25, 0.3) is 5.91 Å². The molecule has 120 valence electrons. The Morgan fingerprint density at radius 1 is 1.13 bits per heavy atom. The van der Waals surface area contributed by atoms with Crippen molar-refractivity contribution < 1.29 is 23.1 Å². The third kappa shape index (κ3) is 4.60. The molecule has 1 atom stereocenters. The summed E-state index contributed by atoms with van der Waals surface area (Å²) in [7, 11) is 0. The number of halogens is 2. The summed E-state index contributed by atoms with van der Waals surface area (Å²) >= 11 is 0. The number of carbonyl (C=O) groups is 2. The van der Waals surface area contributed by atoms with Gasteiger partial charge in [-0.2, -0.15) is 0 Å². The van der Waals surface area contributed by atoms with Crippen molar-refractivity contribution in [3.63, 3.8) is 0 Å². The minimum absolute atomic E-state index is 0.284. The number of amides is 1. The fraction of sp³-hybridized carbons (Fsp3) is 0.176. The zero-order valence-electron chi connectivity index (χ0n) is 12.4. The van der Waals surface area contributed by atoms with Gasteiger partial charge in [0.2, 0.25) is 0 Å². The van der Waals surface area contributed by atoms with Crippen LogP contribution in [-0.2, 0) is 16.1 Å². The molecule has 0 aromatic heterocycles. The maximum Gasteiger partial charge on any atom is 0.341 e. The lowest BCUT2D eigenvalue weighted by Crippen LogP contribution is -2.35. The Morgan fingerprint density at radius 3 is 2.48 bits per heavy atom. The van der Waals surface area contributed by atoms with Crippen molar-refractivity contribution in [2.75, 3.05) is 0 Å². The fourth-order valence-corrected chi connectivity index (χ4v) is 1.86. The largest absolute Gasteiger partial charge is 0.449 e. The lowest BCUT2D eigenvalue weighted by atomic mass is 10.2. The van der Waals surface area contributed by atoms with Crippen LogP contribution in [0.4, 0.5) is 8.78 Å². The Morgan fingerprint density at radius 2 is 1.83 bits per heavy atom. The number of rotatable bonds is 5. The number of carbonyl (C=O) groups excluding carboxylic acids is 2. The molecule has 0 radical (unpaired) electrons. The molecule has 6 heteroatoms. The van der Waals surface area contributed by atoms with Crippen molar-refractivity contribution >= 4 is 11.9 Å². The molecular weight excluding hydrogens is 304 g/mol. The average molecular weight is 319 g/mol. The molecule has 2 rings (SSSR count). The predicted octanol–water partition coefficient (Wildman–Crippen LogP) is 2.83. The Labute approximate surface area is 132 Å². The zero-order chi connectivity index (χ0) is 16.8. The van der Waals surface area contributed by atoms with Gasteiger partial charge >= 0.3 is 5.97 Å². The summed E-state index contributed by atoms with van der Waals surface area (Å²) in [6.07, 6.45) is -1.10. The Bertz CT molecular complexity index is 704. The highest BCUT2D eigenvalue weighted by molar-refractivity contribution is 5.92. The number of hydrogen-bond acceptors (Lipinski definition) is 3. The zero-order valence-corrected chi connectivity index (χ0v) is 12.4. The third-order valence-electron chi connectivity index (χ3n) is 3.11. The summed E-state index contributed by atoms with van der Waals surface area (Å²) in [4.78, 5) is 23.7. The van der Waals surface area contributed by atoms with Crippen molar-refractivity contribution in [1.29, 1.82) is 0 Å². The van der Waals surface area contributed by atoms with Crippen molar-refractivity contribution in [3.05, 3.63) is 71.3 Å². The monoisotopic (exact) mass is 319 g/mol. The summed E-state index contributed by atoms with van der Waals surface area (Å²) in [5, 5.41) is 2.61. The highest BCUT2D eigenvalue weighted by atomic mass is 19.1. The van der Waals surface area contributed by atoms with Gasteiger partial charge in [-0.15, -0.1) is 0 Å². The number of hydrogen-bond donors (Lipinski definition) is 1. The Balaban J connectivity index is 1.91. The molecule has 1 amide bonds. The van der Waals surface area contributed by atoms with E-state index in [0.717, 1.165) is 17.7 Å². The van der Waals surface area contributed by atoms with E-state index in [9.17, 15) is 18.4 Å². The van der Waals surface area contributed by atoms with Gasteiger partial charge in [0, 0.05) is 12.6 Å². The lowest BCUT2D eigenvalue weighted by molar-refractivity contribution is -0.129. The second kappa shape index (κ2) is 7.49. The summed E-state index contributed by atoms with van der Waals surface area (Å²) in [6, 6.07) is 11.7. The standard InChI is InChI=1S/C17H15F2NO3/c1-11(16(21)20-10-12-5-3-2-4-6-12)23-17(22)14-8-7-13(18)9-15(14)19/h2-9,11H,10H2,1H3,(H,20,21)/t11-/m0/s1. The van der Waals surface area contributed by atoms with Gasteiger partial charge < -0.3 is 10.1 Å². The number of ether oxygens (including phenoxy) is 1. The van der Waals surface area contributed by atoms with E-state index in [1.165, 1.54) is 6.92 Å². The molecule has 0 fully saturated rings. The molecule has 23 heavy (non-hydrogen) atoms. The van der Waals surface area contributed by atoms with Crippen LogP contribution in [0.3, 0.4) is 0 Å². The van der Waals surface area contributed by atoms with Crippen LogP contribution in [0.1, 0.15) is 22.8 Å². The maximum atomic E-state index is 13.5. The molecule has 0 aliphatic rings. The lowest BCUT2D eigenvalue weighted by Gasteiger charge is -2.14. The van der Waals surface area contributed by atoms with Gasteiger partial charge in [-0.25, -0.2) is 13.6 Å². The van der Waals surface area contributed by atoms with E-state index in [-0.39, 0.29) is 6.54 Å².